The fourth-order valence-corrected chi connectivity index (χ4v) is 4.53. The Hall–Kier alpha value is -3.27. The van der Waals surface area contributed by atoms with Gasteiger partial charge < -0.3 is 25.1 Å². The smallest absolute Gasteiger partial charge is 0.360 e. The van der Waals surface area contributed by atoms with Crippen molar-refractivity contribution in [2.24, 2.45) is 5.16 Å². The average Bonchev–Trinajstić information content (AvgIpc) is 2.76. The van der Waals surface area contributed by atoms with Crippen LogP contribution in [0.3, 0.4) is 0 Å². The van der Waals surface area contributed by atoms with E-state index in [1.165, 1.54) is 13.5 Å². The predicted octanol–water partition coefficient (Wildman–Crippen LogP) is 0.793. The number of likely N-dealkylation sites (N-methyl/N-ethyl adjacent to an activating group) is 1. The van der Waals surface area contributed by atoms with E-state index >= 15 is 0 Å². The van der Waals surface area contributed by atoms with Crippen LogP contribution in [0.2, 0.25) is 0 Å². The summed E-state index contributed by atoms with van der Waals surface area (Å²) in [6.07, 6.45) is 4.87. The second-order valence-corrected chi connectivity index (χ2v) is 7.93. The molecular formula is C21H25N5O5. The van der Waals surface area contributed by atoms with Gasteiger partial charge in [0.05, 0.1) is 11.0 Å². The van der Waals surface area contributed by atoms with Gasteiger partial charge in [-0.15, -0.1) is 0 Å². The van der Waals surface area contributed by atoms with Crippen LogP contribution in [0.25, 0.3) is 11.0 Å². The molecular weight excluding hydrogens is 402 g/mol. The van der Waals surface area contributed by atoms with Crippen LogP contribution in [0.5, 0.6) is 0 Å². The molecule has 1 aromatic heterocycles. The molecule has 1 amide bonds. The Kier molecular flexibility index (Phi) is 5.99. The van der Waals surface area contributed by atoms with E-state index in [2.05, 4.69) is 20.8 Å². The Morgan fingerprint density at radius 2 is 2.00 bits per heavy atom. The van der Waals surface area contributed by atoms with Gasteiger partial charge in [0.1, 0.15) is 0 Å². The Labute approximate surface area is 178 Å². The fraction of sp³-hybridized carbons (Fsp3) is 0.476. The maximum absolute atomic E-state index is 13.5. The van der Waals surface area contributed by atoms with Crippen molar-refractivity contribution in [2.45, 2.75) is 50.2 Å². The molecule has 0 saturated carbocycles. The first kappa shape index (κ1) is 21.0. The molecule has 2 atom stereocenters. The van der Waals surface area contributed by atoms with Crippen LogP contribution in [-0.4, -0.2) is 58.0 Å². The molecule has 164 valence electrons. The number of aliphatic carboxylic acids is 1. The Balaban J connectivity index is 1.80. The topological polar surface area (TPSA) is 135 Å². The number of piperidine rings is 2. The van der Waals surface area contributed by atoms with Gasteiger partial charge >= 0.3 is 5.97 Å². The summed E-state index contributed by atoms with van der Waals surface area (Å²) in [6.45, 7) is -0.466. The molecule has 2 unspecified atom stereocenters. The molecule has 2 aromatic rings. The summed E-state index contributed by atoms with van der Waals surface area (Å²) in [5.74, 6) is -1.93. The third-order valence-corrected chi connectivity index (χ3v) is 5.91. The summed E-state index contributed by atoms with van der Waals surface area (Å²) in [4.78, 5) is 45.9. The van der Waals surface area contributed by atoms with Gasteiger partial charge in [0.25, 0.3) is 11.5 Å². The number of rotatable bonds is 6. The largest absolute Gasteiger partial charge is 0.476 e. The summed E-state index contributed by atoms with van der Waals surface area (Å²) in [7, 11) is 1.42. The molecule has 2 saturated heterocycles. The number of nitrogens with zero attached hydrogens (tertiary/aromatic N) is 3. The Morgan fingerprint density at radius 1 is 1.29 bits per heavy atom. The maximum atomic E-state index is 13.5. The van der Waals surface area contributed by atoms with Gasteiger partial charge in [0.15, 0.2) is 12.3 Å². The van der Waals surface area contributed by atoms with Crippen LogP contribution < -0.4 is 16.2 Å². The van der Waals surface area contributed by atoms with Crippen molar-refractivity contribution in [2.75, 3.05) is 13.7 Å². The first-order valence-corrected chi connectivity index (χ1v) is 10.4. The minimum atomic E-state index is -1.45. The highest BCUT2D eigenvalue weighted by Gasteiger charge is 2.34. The maximum Gasteiger partial charge on any atom is 0.360 e. The van der Waals surface area contributed by atoms with Crippen LogP contribution in [0.4, 0.5) is 0 Å². The van der Waals surface area contributed by atoms with Crippen LogP contribution in [0.1, 0.15) is 43.8 Å². The highest BCUT2D eigenvalue weighted by atomic mass is 16.6. The number of hydrogen-bond donors (Lipinski definition) is 3. The fourth-order valence-electron chi connectivity index (χ4n) is 4.53. The lowest BCUT2D eigenvalue weighted by Crippen LogP contribution is -2.50. The number of hydrogen-bond acceptors (Lipinski definition) is 7. The molecule has 3 heterocycles. The van der Waals surface area contributed by atoms with Gasteiger partial charge in [0.2, 0.25) is 5.71 Å². The summed E-state index contributed by atoms with van der Waals surface area (Å²) in [6, 6.07) is 7.78. The zero-order valence-corrected chi connectivity index (χ0v) is 17.2. The molecule has 4 rings (SSSR count). The second kappa shape index (κ2) is 8.84. The molecule has 2 bridgehead atoms. The number of carbonyl (C=O) groups excluding carboxylic acids is 1. The summed E-state index contributed by atoms with van der Waals surface area (Å²) in [5, 5.41) is 19.2. The number of carbonyl (C=O) groups is 2. The molecule has 10 heteroatoms. The number of carboxylic acid groups (broad SMARTS) is 1. The van der Waals surface area contributed by atoms with E-state index in [4.69, 9.17) is 4.84 Å². The number of aromatic nitrogens is 2. The minimum absolute atomic E-state index is 0.0717. The van der Waals surface area contributed by atoms with Crippen molar-refractivity contribution in [1.82, 2.24) is 20.2 Å². The second-order valence-electron chi connectivity index (χ2n) is 7.93. The van der Waals surface area contributed by atoms with E-state index in [1.54, 1.807) is 16.7 Å². The minimum Gasteiger partial charge on any atom is -0.476 e. The van der Waals surface area contributed by atoms with Crippen molar-refractivity contribution < 1.29 is 19.5 Å². The van der Waals surface area contributed by atoms with E-state index in [0.717, 1.165) is 25.7 Å². The lowest BCUT2D eigenvalue weighted by Gasteiger charge is -2.41. The zero-order valence-electron chi connectivity index (χ0n) is 17.2. The van der Waals surface area contributed by atoms with Crippen LogP contribution in [0.15, 0.2) is 34.2 Å². The molecule has 31 heavy (non-hydrogen) atoms. The van der Waals surface area contributed by atoms with Crippen molar-refractivity contribution in [3.8, 4) is 0 Å². The van der Waals surface area contributed by atoms with Gasteiger partial charge in [-0.05, 0) is 37.8 Å². The number of oxime groups is 1. The van der Waals surface area contributed by atoms with Crippen molar-refractivity contribution in [3.63, 3.8) is 0 Å². The SMILES string of the molecule is CNC(=O)CO/N=C(\C(=O)O)c1nc2ccccc2n(C2CC3CCCC(C2)N3)c1=O. The molecule has 1 aromatic carbocycles. The van der Waals surface area contributed by atoms with Crippen LogP contribution >= 0.6 is 0 Å². The molecule has 0 aliphatic carbocycles. The molecule has 10 nitrogen and oxygen atoms in total. The molecule has 2 fully saturated rings. The summed E-state index contributed by atoms with van der Waals surface area (Å²) < 4.78 is 1.67. The van der Waals surface area contributed by atoms with Gasteiger partial charge in [-0.2, -0.15) is 0 Å². The number of carboxylic acids is 1. The molecule has 0 radical (unpaired) electrons. The highest BCUT2D eigenvalue weighted by Crippen LogP contribution is 2.33. The quantitative estimate of drug-likeness (QED) is 0.458. The molecule has 3 N–H and O–H groups in total. The summed E-state index contributed by atoms with van der Waals surface area (Å²) >= 11 is 0. The van der Waals surface area contributed by atoms with E-state index in [0.29, 0.717) is 23.1 Å². The third-order valence-electron chi connectivity index (χ3n) is 5.91. The normalized spacial score (nSPS) is 23.4. The monoisotopic (exact) mass is 427 g/mol. The number of fused-ring (bicyclic) bond motifs is 3. The first-order chi connectivity index (χ1) is 15.0. The van der Waals surface area contributed by atoms with Crippen LogP contribution in [0, 0.1) is 0 Å². The third kappa shape index (κ3) is 4.29. The Bertz CT molecular complexity index is 1080. The average molecular weight is 427 g/mol. The summed E-state index contributed by atoms with van der Waals surface area (Å²) in [5.41, 5.74) is -0.277. The number of benzene rings is 1. The van der Waals surface area contributed by atoms with Crippen LogP contribution in [-0.2, 0) is 14.4 Å². The van der Waals surface area contributed by atoms with Crippen molar-refractivity contribution in [3.05, 3.63) is 40.3 Å². The molecule has 0 spiro atoms. The first-order valence-electron chi connectivity index (χ1n) is 10.4. The van der Waals surface area contributed by atoms with E-state index < -0.39 is 29.8 Å². The number of nitrogens with one attached hydrogen (secondary N) is 2. The highest BCUT2D eigenvalue weighted by molar-refractivity contribution is 6.41. The van der Waals surface area contributed by atoms with E-state index in [1.807, 2.05) is 12.1 Å². The lowest BCUT2D eigenvalue weighted by atomic mass is 9.84. The number of amides is 1. The van der Waals surface area contributed by atoms with Gasteiger partial charge in [-0.25, -0.2) is 9.78 Å². The van der Waals surface area contributed by atoms with E-state index in [9.17, 15) is 19.5 Å². The van der Waals surface area contributed by atoms with Crippen molar-refractivity contribution >= 4 is 28.6 Å². The number of para-hydroxylation sites is 2. The van der Waals surface area contributed by atoms with Gasteiger partial charge in [0, 0.05) is 25.2 Å². The lowest BCUT2D eigenvalue weighted by molar-refractivity contribution is -0.130. The zero-order chi connectivity index (χ0) is 22.0. The predicted molar refractivity (Wildman–Crippen MR) is 113 cm³/mol. The van der Waals surface area contributed by atoms with E-state index in [-0.39, 0.29) is 11.7 Å². The van der Waals surface area contributed by atoms with Gasteiger partial charge in [-0.3, -0.25) is 9.59 Å². The van der Waals surface area contributed by atoms with Crippen molar-refractivity contribution in [1.29, 1.82) is 0 Å². The molecule has 2 aliphatic rings. The molecule has 2 aliphatic heterocycles. The van der Waals surface area contributed by atoms with Gasteiger partial charge in [-0.1, -0.05) is 23.7 Å². The standard InChI is InChI=1S/C21H25N5O5/c1-22-17(27)11-31-25-19(21(29)30)18-20(28)26(16-8-3-2-7-15(16)24-18)14-9-12-5-4-6-13(10-14)23-12/h2-3,7-8,12-14,23H,4-6,9-11H2,1H3,(H,22,27)(H,29,30)/b25-19-. The Morgan fingerprint density at radius 3 is 2.68 bits per heavy atom.